The van der Waals surface area contributed by atoms with Crippen LogP contribution >= 0.6 is 31.9 Å². The third kappa shape index (κ3) is 3.19. The smallest absolute Gasteiger partial charge is 0.173 e. The van der Waals surface area contributed by atoms with Crippen LogP contribution in [0.25, 0.3) is 0 Å². The van der Waals surface area contributed by atoms with Gasteiger partial charge in [0, 0.05) is 10.0 Å². The van der Waals surface area contributed by atoms with E-state index in [9.17, 15) is 0 Å². The molecule has 0 saturated carbocycles. The molecule has 1 aromatic heterocycles. The van der Waals surface area contributed by atoms with Gasteiger partial charge in [-0.3, -0.25) is 11.3 Å². The van der Waals surface area contributed by atoms with Crippen molar-refractivity contribution in [3.05, 3.63) is 56.9 Å². The summed E-state index contributed by atoms with van der Waals surface area (Å²) in [4.78, 5) is 0. The first kappa shape index (κ1) is 12.8. The summed E-state index contributed by atoms with van der Waals surface area (Å²) < 4.78 is 7.01. The Hall–Kier alpha value is -0.620. The van der Waals surface area contributed by atoms with E-state index in [4.69, 9.17) is 10.3 Å². The first-order chi connectivity index (χ1) is 8.20. The number of rotatable bonds is 4. The molecule has 1 unspecified atom stereocenters. The number of nitrogens with two attached hydrogens (primary N) is 1. The molecule has 0 bridgehead atoms. The van der Waals surface area contributed by atoms with E-state index in [-0.39, 0.29) is 6.04 Å². The SMILES string of the molecule is NNC(Cc1cccc(Br)c1)c1ccoc1Br. The van der Waals surface area contributed by atoms with Crippen molar-refractivity contribution in [3.8, 4) is 0 Å². The lowest BCUT2D eigenvalue weighted by Crippen LogP contribution is -2.29. The van der Waals surface area contributed by atoms with Crippen LogP contribution < -0.4 is 11.3 Å². The predicted molar refractivity (Wildman–Crippen MR) is 74.3 cm³/mol. The van der Waals surface area contributed by atoms with Crippen LogP contribution in [-0.4, -0.2) is 0 Å². The summed E-state index contributed by atoms with van der Waals surface area (Å²) in [5, 5.41) is 0. The van der Waals surface area contributed by atoms with Crippen molar-refractivity contribution in [2.75, 3.05) is 0 Å². The number of benzene rings is 1. The summed E-state index contributed by atoms with van der Waals surface area (Å²) in [5.74, 6) is 5.59. The van der Waals surface area contributed by atoms with E-state index >= 15 is 0 Å². The highest BCUT2D eigenvalue weighted by molar-refractivity contribution is 9.10. The zero-order chi connectivity index (χ0) is 12.3. The molecule has 5 heteroatoms. The monoisotopic (exact) mass is 358 g/mol. The maximum atomic E-state index is 5.59. The quantitative estimate of drug-likeness (QED) is 0.648. The van der Waals surface area contributed by atoms with E-state index < -0.39 is 0 Å². The Kier molecular flexibility index (Phi) is 4.39. The molecule has 17 heavy (non-hydrogen) atoms. The third-order valence-electron chi connectivity index (χ3n) is 2.55. The number of nitrogens with one attached hydrogen (secondary N) is 1. The normalized spacial score (nSPS) is 12.6. The van der Waals surface area contributed by atoms with Gasteiger partial charge in [0.1, 0.15) is 0 Å². The van der Waals surface area contributed by atoms with Crippen LogP contribution in [0.5, 0.6) is 0 Å². The summed E-state index contributed by atoms with van der Waals surface area (Å²) in [6.07, 6.45) is 2.44. The van der Waals surface area contributed by atoms with Crippen molar-refractivity contribution in [2.24, 2.45) is 5.84 Å². The second-order valence-corrected chi connectivity index (χ2v) is 5.34. The highest BCUT2D eigenvalue weighted by Gasteiger charge is 2.15. The predicted octanol–water partition coefficient (Wildman–Crippen LogP) is 3.55. The minimum Gasteiger partial charge on any atom is -0.457 e. The molecular weight excluding hydrogens is 348 g/mol. The molecule has 0 spiro atoms. The summed E-state index contributed by atoms with van der Waals surface area (Å²) in [6, 6.07) is 10.1. The molecule has 1 aromatic carbocycles. The average Bonchev–Trinajstić information content (AvgIpc) is 2.72. The van der Waals surface area contributed by atoms with Crippen molar-refractivity contribution in [1.29, 1.82) is 0 Å². The standard InChI is InChI=1S/C12H12Br2N2O/c13-9-3-1-2-8(6-9)7-11(16-15)10-4-5-17-12(10)14/h1-6,11,16H,7,15H2. The lowest BCUT2D eigenvalue weighted by Gasteiger charge is -2.15. The van der Waals surface area contributed by atoms with Gasteiger partial charge in [0.05, 0.1) is 12.3 Å². The molecule has 1 heterocycles. The van der Waals surface area contributed by atoms with Crippen LogP contribution in [0.15, 0.2) is 50.2 Å². The second-order valence-electron chi connectivity index (χ2n) is 3.70. The molecule has 1 atom stereocenters. The number of halogens is 2. The highest BCUT2D eigenvalue weighted by atomic mass is 79.9. The van der Waals surface area contributed by atoms with Crippen molar-refractivity contribution >= 4 is 31.9 Å². The van der Waals surface area contributed by atoms with Crippen molar-refractivity contribution in [2.45, 2.75) is 12.5 Å². The fourth-order valence-electron chi connectivity index (χ4n) is 1.71. The Morgan fingerprint density at radius 1 is 1.29 bits per heavy atom. The number of hydrogen-bond donors (Lipinski definition) is 2. The molecule has 2 rings (SSSR count). The van der Waals surface area contributed by atoms with E-state index in [0.29, 0.717) is 0 Å². The molecule has 3 N–H and O–H groups in total. The van der Waals surface area contributed by atoms with Crippen molar-refractivity contribution < 1.29 is 4.42 Å². The van der Waals surface area contributed by atoms with Crippen molar-refractivity contribution in [3.63, 3.8) is 0 Å². The van der Waals surface area contributed by atoms with E-state index in [1.807, 2.05) is 18.2 Å². The molecule has 0 fully saturated rings. The Morgan fingerprint density at radius 3 is 2.71 bits per heavy atom. The van der Waals surface area contributed by atoms with E-state index in [1.54, 1.807) is 6.26 Å². The summed E-state index contributed by atoms with van der Waals surface area (Å²) in [7, 11) is 0. The van der Waals surface area contributed by atoms with E-state index in [1.165, 1.54) is 5.56 Å². The number of hydrogen-bond acceptors (Lipinski definition) is 3. The van der Waals surface area contributed by atoms with Crippen LogP contribution in [0, 0.1) is 0 Å². The van der Waals surface area contributed by atoms with Gasteiger partial charge in [-0.25, -0.2) is 0 Å². The van der Waals surface area contributed by atoms with Gasteiger partial charge < -0.3 is 4.42 Å². The number of furan rings is 1. The Bertz CT molecular complexity index is 499. The molecule has 0 saturated heterocycles. The molecule has 0 radical (unpaired) electrons. The lowest BCUT2D eigenvalue weighted by atomic mass is 10.0. The molecular formula is C12H12Br2N2O. The minimum atomic E-state index is 0.0254. The first-order valence-electron chi connectivity index (χ1n) is 5.14. The topological polar surface area (TPSA) is 51.2 Å². The lowest BCUT2D eigenvalue weighted by molar-refractivity contribution is 0.507. The number of hydrazine groups is 1. The average molecular weight is 360 g/mol. The minimum absolute atomic E-state index is 0.0254. The molecule has 3 nitrogen and oxygen atoms in total. The van der Waals surface area contributed by atoms with Crippen molar-refractivity contribution in [1.82, 2.24) is 5.43 Å². The van der Waals surface area contributed by atoms with Gasteiger partial charge in [0.15, 0.2) is 4.67 Å². The van der Waals surface area contributed by atoms with Crippen LogP contribution in [-0.2, 0) is 6.42 Å². The van der Waals surface area contributed by atoms with E-state index in [0.717, 1.165) is 21.1 Å². The van der Waals surface area contributed by atoms with E-state index in [2.05, 4.69) is 49.4 Å². The van der Waals surface area contributed by atoms with Crippen LogP contribution in [0.2, 0.25) is 0 Å². The Labute approximate surface area is 117 Å². The highest BCUT2D eigenvalue weighted by Crippen LogP contribution is 2.27. The van der Waals surface area contributed by atoms with Crippen LogP contribution in [0.1, 0.15) is 17.2 Å². The molecule has 0 aliphatic rings. The van der Waals surface area contributed by atoms with Gasteiger partial charge >= 0.3 is 0 Å². The summed E-state index contributed by atoms with van der Waals surface area (Å²) in [6.45, 7) is 0. The fraction of sp³-hybridized carbons (Fsp3) is 0.167. The largest absolute Gasteiger partial charge is 0.457 e. The van der Waals surface area contributed by atoms with Gasteiger partial charge in [-0.15, -0.1) is 0 Å². The molecule has 0 aliphatic carbocycles. The van der Waals surface area contributed by atoms with Crippen LogP contribution in [0.4, 0.5) is 0 Å². The van der Waals surface area contributed by atoms with Gasteiger partial charge in [-0.2, -0.15) is 0 Å². The van der Waals surface area contributed by atoms with Crippen LogP contribution in [0.3, 0.4) is 0 Å². The maximum Gasteiger partial charge on any atom is 0.173 e. The van der Waals surface area contributed by atoms with Gasteiger partial charge in [0.2, 0.25) is 0 Å². The molecule has 0 amide bonds. The summed E-state index contributed by atoms with van der Waals surface area (Å²) in [5.41, 5.74) is 5.03. The Balaban J connectivity index is 2.19. The first-order valence-corrected chi connectivity index (χ1v) is 6.72. The Morgan fingerprint density at radius 2 is 2.12 bits per heavy atom. The molecule has 0 aliphatic heterocycles. The molecule has 2 aromatic rings. The molecule has 90 valence electrons. The zero-order valence-corrected chi connectivity index (χ0v) is 12.2. The van der Waals surface area contributed by atoms with Gasteiger partial charge in [0.25, 0.3) is 0 Å². The fourth-order valence-corrected chi connectivity index (χ4v) is 2.68. The second kappa shape index (κ2) is 5.82. The summed E-state index contributed by atoms with van der Waals surface area (Å²) >= 11 is 6.82. The van der Waals surface area contributed by atoms with Gasteiger partial charge in [-0.1, -0.05) is 28.1 Å². The third-order valence-corrected chi connectivity index (χ3v) is 3.69. The van der Waals surface area contributed by atoms with Gasteiger partial charge in [-0.05, 0) is 46.1 Å². The maximum absolute atomic E-state index is 5.59. The zero-order valence-electron chi connectivity index (χ0n) is 8.99.